The topological polar surface area (TPSA) is 57.6 Å². The fourth-order valence-electron chi connectivity index (χ4n) is 4.13. The van der Waals surface area contributed by atoms with E-state index in [1.54, 1.807) is 30.3 Å². The number of thiophene rings is 1. The molecule has 32 heavy (non-hydrogen) atoms. The van der Waals surface area contributed by atoms with E-state index in [0.717, 1.165) is 15.6 Å². The van der Waals surface area contributed by atoms with Crippen LogP contribution in [0.5, 0.6) is 0 Å². The molecule has 5 rings (SSSR count). The third kappa shape index (κ3) is 3.39. The highest BCUT2D eigenvalue weighted by Gasteiger charge is 2.47. The van der Waals surface area contributed by atoms with Crippen LogP contribution in [0.4, 0.5) is 4.39 Å². The monoisotopic (exact) mass is 443 g/mol. The Morgan fingerprint density at radius 1 is 0.938 bits per heavy atom. The van der Waals surface area contributed by atoms with Crippen LogP contribution >= 0.6 is 11.3 Å². The molecule has 4 aromatic rings. The molecule has 1 unspecified atom stereocenters. The summed E-state index contributed by atoms with van der Waals surface area (Å²) in [5, 5.41) is 14.9. The van der Waals surface area contributed by atoms with E-state index in [9.17, 15) is 19.1 Å². The highest BCUT2D eigenvalue weighted by atomic mass is 32.1. The highest BCUT2D eigenvalue weighted by molar-refractivity contribution is 7.09. The molecule has 1 aliphatic heterocycles. The zero-order chi connectivity index (χ0) is 22.2. The number of carbonyl (C=O) groups is 2. The Balaban J connectivity index is 1.69. The Bertz CT molecular complexity index is 1380. The van der Waals surface area contributed by atoms with E-state index in [2.05, 4.69) is 0 Å². The molecule has 0 bridgehead atoms. The molecule has 1 amide bonds. The Morgan fingerprint density at radius 2 is 1.69 bits per heavy atom. The molecule has 3 aromatic carbocycles. The van der Waals surface area contributed by atoms with E-state index in [1.807, 2.05) is 47.8 Å². The van der Waals surface area contributed by atoms with Crippen molar-refractivity contribution in [3.63, 3.8) is 0 Å². The lowest BCUT2D eigenvalue weighted by Gasteiger charge is -2.25. The van der Waals surface area contributed by atoms with Crippen LogP contribution in [0.25, 0.3) is 16.5 Å². The molecule has 1 fully saturated rings. The standard InChI is InChI=1S/C26H18FNO3S/c27-21-10-4-3-9-20(21)23-22(25(30)26(31)28(23)15-19-8-5-13-32-19)24(29)18-12-11-16-6-1-2-7-17(16)14-18/h1-14,23,29H,15H2/b24-22+. The molecular formula is C26H18FNO3S. The molecule has 1 aromatic heterocycles. The van der Waals surface area contributed by atoms with Crippen LogP contribution in [0.1, 0.15) is 22.0 Å². The number of halogens is 1. The van der Waals surface area contributed by atoms with Gasteiger partial charge in [0.05, 0.1) is 18.2 Å². The molecule has 1 aliphatic rings. The first kappa shape index (κ1) is 20.2. The summed E-state index contributed by atoms with van der Waals surface area (Å²) in [5.41, 5.74) is 0.469. The molecule has 4 nitrogen and oxygen atoms in total. The fraction of sp³-hybridized carbons (Fsp3) is 0.0769. The molecule has 1 saturated heterocycles. The summed E-state index contributed by atoms with van der Waals surface area (Å²) < 4.78 is 14.8. The number of likely N-dealkylation sites (tertiary alicyclic amines) is 1. The summed E-state index contributed by atoms with van der Waals surface area (Å²) in [6, 6.07) is 21.6. The lowest BCUT2D eigenvalue weighted by atomic mass is 9.94. The number of ketones is 1. The number of nitrogens with zero attached hydrogens (tertiary/aromatic N) is 1. The SMILES string of the molecule is O=C1C(=O)N(Cc2cccs2)C(c2ccccc2F)/C1=C(\O)c1ccc2ccccc2c1. The van der Waals surface area contributed by atoms with Crippen LogP contribution in [0.3, 0.4) is 0 Å². The Kier molecular flexibility index (Phi) is 5.07. The minimum Gasteiger partial charge on any atom is -0.507 e. The molecule has 6 heteroatoms. The average Bonchev–Trinajstić information content (AvgIpc) is 3.41. The molecule has 0 saturated carbocycles. The van der Waals surface area contributed by atoms with Crippen molar-refractivity contribution in [3.8, 4) is 0 Å². The van der Waals surface area contributed by atoms with Crippen molar-refractivity contribution in [1.29, 1.82) is 0 Å². The van der Waals surface area contributed by atoms with Crippen LogP contribution in [0.2, 0.25) is 0 Å². The summed E-state index contributed by atoms with van der Waals surface area (Å²) in [7, 11) is 0. The lowest BCUT2D eigenvalue weighted by Crippen LogP contribution is -2.29. The Hall–Kier alpha value is -3.77. The zero-order valence-electron chi connectivity index (χ0n) is 16.9. The third-order valence-corrected chi connectivity index (χ3v) is 6.53. The van der Waals surface area contributed by atoms with Gasteiger partial charge in [-0.2, -0.15) is 0 Å². The van der Waals surface area contributed by atoms with Crippen molar-refractivity contribution in [2.75, 3.05) is 0 Å². The van der Waals surface area contributed by atoms with E-state index in [4.69, 9.17) is 0 Å². The highest BCUT2D eigenvalue weighted by Crippen LogP contribution is 2.41. The molecule has 0 radical (unpaired) electrons. The van der Waals surface area contributed by atoms with Crippen LogP contribution in [-0.4, -0.2) is 21.7 Å². The molecule has 0 spiro atoms. The van der Waals surface area contributed by atoms with Gasteiger partial charge in [0.25, 0.3) is 11.7 Å². The Labute approximate surface area is 187 Å². The minimum atomic E-state index is -1.02. The smallest absolute Gasteiger partial charge is 0.295 e. The predicted molar refractivity (Wildman–Crippen MR) is 123 cm³/mol. The van der Waals surface area contributed by atoms with Crippen LogP contribution in [0, 0.1) is 5.82 Å². The predicted octanol–water partition coefficient (Wildman–Crippen LogP) is 5.66. The van der Waals surface area contributed by atoms with Gasteiger partial charge in [-0.25, -0.2) is 4.39 Å². The number of hydrogen-bond acceptors (Lipinski definition) is 4. The number of rotatable bonds is 4. The summed E-state index contributed by atoms with van der Waals surface area (Å²) in [6.07, 6.45) is 0. The molecule has 1 N–H and O–H groups in total. The number of benzene rings is 3. The second-order valence-corrected chi connectivity index (χ2v) is 8.62. The van der Waals surface area contributed by atoms with Gasteiger partial charge in [0, 0.05) is 16.0 Å². The molecule has 2 heterocycles. The van der Waals surface area contributed by atoms with Crippen molar-refractivity contribution in [3.05, 3.63) is 112 Å². The van der Waals surface area contributed by atoms with Crippen LogP contribution in [0.15, 0.2) is 89.8 Å². The summed E-state index contributed by atoms with van der Waals surface area (Å²) in [5.74, 6) is -2.43. The van der Waals surface area contributed by atoms with Crippen molar-refractivity contribution >= 4 is 39.6 Å². The van der Waals surface area contributed by atoms with E-state index in [1.165, 1.54) is 22.3 Å². The van der Waals surface area contributed by atoms with Gasteiger partial charge in [-0.15, -0.1) is 11.3 Å². The van der Waals surface area contributed by atoms with Crippen molar-refractivity contribution in [2.24, 2.45) is 0 Å². The maximum absolute atomic E-state index is 14.8. The van der Waals surface area contributed by atoms with E-state index >= 15 is 0 Å². The van der Waals surface area contributed by atoms with Gasteiger partial charge in [0.15, 0.2) is 0 Å². The number of carbonyl (C=O) groups excluding carboxylic acids is 2. The van der Waals surface area contributed by atoms with Gasteiger partial charge in [-0.1, -0.05) is 60.7 Å². The Morgan fingerprint density at radius 3 is 2.44 bits per heavy atom. The lowest BCUT2D eigenvalue weighted by molar-refractivity contribution is -0.140. The van der Waals surface area contributed by atoms with Gasteiger partial charge >= 0.3 is 0 Å². The maximum atomic E-state index is 14.8. The second kappa shape index (κ2) is 8.05. The summed E-state index contributed by atoms with van der Waals surface area (Å²) in [4.78, 5) is 28.3. The first-order valence-corrected chi connectivity index (χ1v) is 11.0. The largest absolute Gasteiger partial charge is 0.507 e. The maximum Gasteiger partial charge on any atom is 0.295 e. The van der Waals surface area contributed by atoms with Crippen LogP contribution < -0.4 is 0 Å². The minimum absolute atomic E-state index is 0.105. The molecule has 158 valence electrons. The number of amides is 1. The number of aliphatic hydroxyl groups excluding tert-OH is 1. The van der Waals surface area contributed by atoms with E-state index in [-0.39, 0.29) is 23.4 Å². The van der Waals surface area contributed by atoms with Crippen molar-refractivity contribution in [1.82, 2.24) is 4.90 Å². The van der Waals surface area contributed by atoms with Gasteiger partial charge in [0.1, 0.15) is 11.6 Å². The zero-order valence-corrected chi connectivity index (χ0v) is 17.7. The second-order valence-electron chi connectivity index (χ2n) is 7.59. The summed E-state index contributed by atoms with van der Waals surface area (Å²) in [6.45, 7) is 0.149. The normalized spacial score (nSPS) is 17.9. The van der Waals surface area contributed by atoms with E-state index in [0.29, 0.717) is 5.56 Å². The van der Waals surface area contributed by atoms with Gasteiger partial charge in [-0.05, 0) is 34.4 Å². The van der Waals surface area contributed by atoms with Gasteiger partial charge < -0.3 is 10.0 Å². The number of Topliss-reactive ketones (excluding diaryl/α,β-unsaturated/α-hetero) is 1. The molecular weight excluding hydrogens is 425 g/mol. The quantitative estimate of drug-likeness (QED) is 0.251. The van der Waals surface area contributed by atoms with Gasteiger partial charge in [-0.3, -0.25) is 9.59 Å². The number of aliphatic hydroxyl groups is 1. The van der Waals surface area contributed by atoms with Crippen LogP contribution in [-0.2, 0) is 16.1 Å². The molecule has 0 aliphatic carbocycles. The first-order valence-electron chi connectivity index (χ1n) is 10.1. The average molecular weight is 443 g/mol. The number of fused-ring (bicyclic) bond motifs is 1. The van der Waals surface area contributed by atoms with Crippen molar-refractivity contribution in [2.45, 2.75) is 12.6 Å². The number of hydrogen-bond donors (Lipinski definition) is 1. The first-order chi connectivity index (χ1) is 15.5. The van der Waals surface area contributed by atoms with Crippen molar-refractivity contribution < 1.29 is 19.1 Å². The third-order valence-electron chi connectivity index (χ3n) is 5.67. The fourth-order valence-corrected chi connectivity index (χ4v) is 4.83. The molecule has 1 atom stereocenters. The van der Waals surface area contributed by atoms with E-state index < -0.39 is 23.5 Å². The summed E-state index contributed by atoms with van der Waals surface area (Å²) >= 11 is 1.44. The van der Waals surface area contributed by atoms with Gasteiger partial charge in [0.2, 0.25) is 0 Å².